The van der Waals surface area contributed by atoms with Crippen LogP contribution in [0.2, 0.25) is 0 Å². The Morgan fingerprint density at radius 1 is 1.31 bits per heavy atom. The largest absolute Gasteiger partial charge is 0.333 e. The van der Waals surface area contributed by atoms with Gasteiger partial charge in [-0.15, -0.1) is 0 Å². The zero-order chi connectivity index (χ0) is 10.8. The summed E-state index contributed by atoms with van der Waals surface area (Å²) in [5.41, 5.74) is 1.40. The van der Waals surface area contributed by atoms with Gasteiger partial charge in [0.05, 0.1) is 12.0 Å². The fourth-order valence-corrected chi connectivity index (χ4v) is 2.85. The first kappa shape index (κ1) is 10.3. The molecule has 1 atom stereocenters. The highest BCUT2D eigenvalue weighted by molar-refractivity contribution is 5.07. The fourth-order valence-electron chi connectivity index (χ4n) is 2.85. The number of aromatic nitrogens is 2. The molecule has 1 N–H and O–H groups in total. The Bertz CT molecular complexity index is 335. The maximum atomic E-state index is 4.31. The molecule has 2 fully saturated rings. The second-order valence-corrected chi connectivity index (χ2v) is 5.25. The van der Waals surface area contributed by atoms with Crippen molar-refractivity contribution in [3.8, 4) is 0 Å². The average Bonchev–Trinajstić information content (AvgIpc) is 2.83. The summed E-state index contributed by atoms with van der Waals surface area (Å²) in [5.74, 6) is 0.992. The highest BCUT2D eigenvalue weighted by Crippen LogP contribution is 2.30. The Labute approximate surface area is 97.3 Å². The zero-order valence-electron chi connectivity index (χ0n) is 9.86. The van der Waals surface area contributed by atoms with Gasteiger partial charge in [0.2, 0.25) is 0 Å². The molecule has 0 amide bonds. The number of hydrogen-bond donors (Lipinski definition) is 1. The Balaban J connectivity index is 1.62. The summed E-state index contributed by atoms with van der Waals surface area (Å²) in [4.78, 5) is 4.31. The molecule has 1 saturated heterocycles. The molecule has 2 heterocycles. The minimum Gasteiger partial charge on any atom is -0.333 e. The quantitative estimate of drug-likeness (QED) is 0.843. The molecule has 0 aromatic carbocycles. The zero-order valence-corrected chi connectivity index (χ0v) is 9.86. The third-order valence-electron chi connectivity index (χ3n) is 4.16. The Morgan fingerprint density at radius 2 is 2.25 bits per heavy atom. The second kappa shape index (κ2) is 4.58. The van der Waals surface area contributed by atoms with Gasteiger partial charge in [0, 0.05) is 18.8 Å². The van der Waals surface area contributed by atoms with Crippen molar-refractivity contribution in [3.63, 3.8) is 0 Å². The lowest BCUT2D eigenvalue weighted by atomic mass is 9.83. The lowest BCUT2D eigenvalue weighted by molar-refractivity contribution is 0.280. The molecule has 3 nitrogen and oxygen atoms in total. The summed E-state index contributed by atoms with van der Waals surface area (Å²) in [6.07, 6.45) is 12.3. The van der Waals surface area contributed by atoms with E-state index in [0.717, 1.165) is 12.5 Å². The molecule has 1 aromatic heterocycles. The number of nitrogens with one attached hydrogen (secondary N) is 1. The van der Waals surface area contributed by atoms with Gasteiger partial charge < -0.3 is 9.88 Å². The van der Waals surface area contributed by atoms with Crippen molar-refractivity contribution in [2.45, 2.75) is 51.1 Å². The first-order valence-corrected chi connectivity index (χ1v) is 6.67. The Hall–Kier alpha value is -0.830. The van der Waals surface area contributed by atoms with Gasteiger partial charge in [-0.1, -0.05) is 19.3 Å². The maximum absolute atomic E-state index is 4.31. The maximum Gasteiger partial charge on any atom is 0.0948 e. The predicted molar refractivity (Wildman–Crippen MR) is 64.2 cm³/mol. The average molecular weight is 219 g/mol. The van der Waals surface area contributed by atoms with Crippen molar-refractivity contribution in [2.24, 2.45) is 5.92 Å². The minimum absolute atomic E-state index is 0.559. The van der Waals surface area contributed by atoms with E-state index in [1.54, 1.807) is 0 Å². The molecular weight excluding hydrogens is 198 g/mol. The van der Waals surface area contributed by atoms with Gasteiger partial charge in [0.25, 0.3) is 0 Å². The molecule has 1 aliphatic carbocycles. The molecule has 1 aliphatic heterocycles. The van der Waals surface area contributed by atoms with Crippen molar-refractivity contribution < 1.29 is 0 Å². The van der Waals surface area contributed by atoms with Crippen LogP contribution in [0.15, 0.2) is 12.5 Å². The van der Waals surface area contributed by atoms with E-state index in [9.17, 15) is 0 Å². The van der Waals surface area contributed by atoms with Crippen LogP contribution in [0.1, 0.15) is 50.3 Å². The first-order chi connectivity index (χ1) is 7.93. The monoisotopic (exact) mass is 219 g/mol. The Kier molecular flexibility index (Phi) is 2.96. The van der Waals surface area contributed by atoms with Crippen LogP contribution in [0.3, 0.4) is 0 Å². The van der Waals surface area contributed by atoms with Gasteiger partial charge in [0.1, 0.15) is 0 Å². The molecular formula is C13H21N3. The van der Waals surface area contributed by atoms with Crippen LogP contribution in [0.5, 0.6) is 0 Å². The van der Waals surface area contributed by atoms with Crippen molar-refractivity contribution >= 4 is 0 Å². The van der Waals surface area contributed by atoms with Crippen molar-refractivity contribution in [1.29, 1.82) is 0 Å². The standard InChI is InChI=1S/C13H21N3/c1-3-11(4-1)6-8-16-10-14-9-13(16)12-5-2-7-15-12/h9-12,15H,1-8H2/t12-/m0/s1. The van der Waals surface area contributed by atoms with Crippen LogP contribution in [-0.2, 0) is 6.54 Å². The van der Waals surface area contributed by atoms with E-state index in [4.69, 9.17) is 0 Å². The van der Waals surface area contributed by atoms with Gasteiger partial charge >= 0.3 is 0 Å². The third-order valence-corrected chi connectivity index (χ3v) is 4.16. The van der Waals surface area contributed by atoms with Gasteiger partial charge in [-0.3, -0.25) is 0 Å². The third kappa shape index (κ3) is 2.01. The van der Waals surface area contributed by atoms with E-state index in [1.165, 1.54) is 50.8 Å². The predicted octanol–water partition coefficient (Wildman–Crippen LogP) is 2.50. The van der Waals surface area contributed by atoms with Crippen molar-refractivity contribution in [1.82, 2.24) is 14.9 Å². The molecule has 3 rings (SSSR count). The number of aryl methyl sites for hydroxylation is 1. The molecule has 0 unspecified atom stereocenters. The van der Waals surface area contributed by atoms with E-state index in [2.05, 4.69) is 14.9 Å². The highest BCUT2D eigenvalue weighted by atomic mass is 15.1. The number of rotatable bonds is 4. The molecule has 88 valence electrons. The molecule has 1 aromatic rings. The van der Waals surface area contributed by atoms with Gasteiger partial charge in [-0.25, -0.2) is 4.98 Å². The molecule has 2 aliphatic rings. The topological polar surface area (TPSA) is 29.9 Å². The summed E-state index contributed by atoms with van der Waals surface area (Å²) in [7, 11) is 0. The highest BCUT2D eigenvalue weighted by Gasteiger charge is 2.21. The van der Waals surface area contributed by atoms with Crippen LogP contribution < -0.4 is 5.32 Å². The smallest absolute Gasteiger partial charge is 0.0948 e. The number of hydrogen-bond acceptors (Lipinski definition) is 2. The summed E-state index contributed by atoms with van der Waals surface area (Å²) >= 11 is 0. The molecule has 0 bridgehead atoms. The van der Waals surface area contributed by atoms with E-state index >= 15 is 0 Å². The van der Waals surface area contributed by atoms with Crippen LogP contribution in [0.4, 0.5) is 0 Å². The van der Waals surface area contributed by atoms with Gasteiger partial charge in [-0.05, 0) is 31.7 Å². The summed E-state index contributed by atoms with van der Waals surface area (Å²) < 4.78 is 2.36. The molecule has 1 saturated carbocycles. The number of imidazole rings is 1. The molecule has 16 heavy (non-hydrogen) atoms. The van der Waals surface area contributed by atoms with Crippen molar-refractivity contribution in [3.05, 3.63) is 18.2 Å². The summed E-state index contributed by atoms with van der Waals surface area (Å²) in [6.45, 7) is 2.33. The van der Waals surface area contributed by atoms with E-state index in [-0.39, 0.29) is 0 Å². The molecule has 3 heteroatoms. The van der Waals surface area contributed by atoms with Crippen LogP contribution >= 0.6 is 0 Å². The van der Waals surface area contributed by atoms with Crippen LogP contribution in [0.25, 0.3) is 0 Å². The molecule has 0 spiro atoms. The summed E-state index contributed by atoms with van der Waals surface area (Å²) in [5, 5.41) is 3.55. The van der Waals surface area contributed by atoms with Crippen LogP contribution in [-0.4, -0.2) is 16.1 Å². The molecule has 0 radical (unpaired) electrons. The van der Waals surface area contributed by atoms with E-state index < -0.39 is 0 Å². The van der Waals surface area contributed by atoms with Crippen molar-refractivity contribution in [2.75, 3.05) is 6.54 Å². The van der Waals surface area contributed by atoms with Gasteiger partial charge in [0.15, 0.2) is 0 Å². The second-order valence-electron chi connectivity index (χ2n) is 5.25. The normalized spacial score (nSPS) is 25.9. The Morgan fingerprint density at radius 3 is 2.94 bits per heavy atom. The van der Waals surface area contributed by atoms with E-state index in [1.807, 2.05) is 12.5 Å². The van der Waals surface area contributed by atoms with Gasteiger partial charge in [-0.2, -0.15) is 0 Å². The fraction of sp³-hybridized carbons (Fsp3) is 0.769. The lowest BCUT2D eigenvalue weighted by Gasteiger charge is -2.26. The van der Waals surface area contributed by atoms with Crippen LogP contribution in [0, 0.1) is 5.92 Å². The van der Waals surface area contributed by atoms with E-state index in [0.29, 0.717) is 6.04 Å². The lowest BCUT2D eigenvalue weighted by Crippen LogP contribution is -2.19. The summed E-state index contributed by atoms with van der Waals surface area (Å²) in [6, 6.07) is 0.559. The first-order valence-electron chi connectivity index (χ1n) is 6.67. The SMILES string of the molecule is c1ncn(CCC2CCC2)c1[C@@H]1CCCN1. The number of nitrogens with zero attached hydrogens (tertiary/aromatic N) is 2. The minimum atomic E-state index is 0.559.